The molecule has 19 heavy (non-hydrogen) atoms. The summed E-state index contributed by atoms with van der Waals surface area (Å²) in [6.45, 7) is 3.49. The first-order valence-corrected chi connectivity index (χ1v) is 6.51. The molecule has 2 heterocycles. The fraction of sp³-hybridized carbons (Fsp3) is 0.429. The molecular formula is C14H18N4O. The Kier molecular flexibility index (Phi) is 3.31. The average molecular weight is 258 g/mol. The maximum atomic E-state index is 5.65. The van der Waals surface area contributed by atoms with Crippen molar-refractivity contribution in [3.63, 3.8) is 0 Å². The second-order valence-corrected chi connectivity index (χ2v) is 4.95. The normalized spacial score (nSPS) is 20.0. The molecule has 5 heteroatoms. The third-order valence-corrected chi connectivity index (χ3v) is 3.56. The van der Waals surface area contributed by atoms with Gasteiger partial charge in [0.25, 0.3) is 0 Å². The Morgan fingerprint density at radius 3 is 3.05 bits per heavy atom. The first-order valence-electron chi connectivity index (χ1n) is 6.51. The van der Waals surface area contributed by atoms with Gasteiger partial charge in [-0.05, 0) is 18.1 Å². The van der Waals surface area contributed by atoms with Gasteiger partial charge in [-0.3, -0.25) is 5.32 Å². The molecule has 1 aromatic heterocycles. The van der Waals surface area contributed by atoms with Crippen molar-refractivity contribution in [3.05, 3.63) is 47.5 Å². The number of ether oxygens (including phenoxy) is 1. The standard InChI is InChI=1S/C14H18N4O/c1-10(14-17-15-9-18(14)2)16-13-8-19-7-11-5-3-4-6-12(11)13/h3-6,9-10,13,16H,7-8H2,1-2H3. The molecule has 3 rings (SSSR count). The van der Waals surface area contributed by atoms with Gasteiger partial charge in [0.15, 0.2) is 0 Å². The number of hydrogen-bond donors (Lipinski definition) is 1. The summed E-state index contributed by atoms with van der Waals surface area (Å²) >= 11 is 0. The van der Waals surface area contributed by atoms with Crippen molar-refractivity contribution in [2.45, 2.75) is 25.6 Å². The van der Waals surface area contributed by atoms with Crippen LogP contribution in [0.1, 0.15) is 36.0 Å². The predicted octanol–water partition coefficient (Wildman–Crippen LogP) is 1.74. The van der Waals surface area contributed by atoms with Crippen LogP contribution in [0.3, 0.4) is 0 Å². The van der Waals surface area contributed by atoms with Crippen LogP contribution in [-0.2, 0) is 18.4 Å². The maximum Gasteiger partial charge on any atom is 0.149 e. The molecule has 0 bridgehead atoms. The van der Waals surface area contributed by atoms with E-state index in [2.05, 4.69) is 46.7 Å². The van der Waals surface area contributed by atoms with Crippen molar-refractivity contribution < 1.29 is 4.74 Å². The van der Waals surface area contributed by atoms with Gasteiger partial charge >= 0.3 is 0 Å². The number of hydrogen-bond acceptors (Lipinski definition) is 4. The van der Waals surface area contributed by atoms with E-state index >= 15 is 0 Å². The van der Waals surface area contributed by atoms with E-state index in [1.807, 2.05) is 11.6 Å². The lowest BCUT2D eigenvalue weighted by molar-refractivity contribution is 0.0786. The highest BCUT2D eigenvalue weighted by molar-refractivity contribution is 5.31. The lowest BCUT2D eigenvalue weighted by atomic mass is 9.98. The predicted molar refractivity (Wildman–Crippen MR) is 71.4 cm³/mol. The molecule has 2 atom stereocenters. The summed E-state index contributed by atoms with van der Waals surface area (Å²) in [5, 5.41) is 11.6. The number of benzene rings is 1. The van der Waals surface area contributed by atoms with Crippen LogP contribution < -0.4 is 5.32 Å². The van der Waals surface area contributed by atoms with Crippen molar-refractivity contribution in [1.82, 2.24) is 20.1 Å². The maximum absolute atomic E-state index is 5.65. The first-order chi connectivity index (χ1) is 9.25. The Bertz CT molecular complexity index is 566. The van der Waals surface area contributed by atoms with Crippen LogP contribution in [0.4, 0.5) is 0 Å². The molecule has 0 amide bonds. The van der Waals surface area contributed by atoms with Crippen LogP contribution in [0.2, 0.25) is 0 Å². The largest absolute Gasteiger partial charge is 0.375 e. The minimum atomic E-state index is 0.132. The third kappa shape index (κ3) is 2.39. The number of aromatic nitrogens is 3. The number of nitrogens with one attached hydrogen (secondary N) is 1. The molecule has 2 aromatic rings. The molecule has 0 radical (unpaired) electrons. The summed E-state index contributed by atoms with van der Waals surface area (Å²) in [6, 6.07) is 8.75. The molecule has 2 unspecified atom stereocenters. The fourth-order valence-corrected chi connectivity index (χ4v) is 2.58. The van der Waals surface area contributed by atoms with E-state index in [9.17, 15) is 0 Å². The highest BCUT2D eigenvalue weighted by Gasteiger charge is 2.23. The summed E-state index contributed by atoms with van der Waals surface area (Å²) in [5.41, 5.74) is 2.58. The zero-order valence-electron chi connectivity index (χ0n) is 11.2. The molecule has 1 N–H and O–H groups in total. The fourth-order valence-electron chi connectivity index (χ4n) is 2.58. The summed E-state index contributed by atoms with van der Waals surface area (Å²) in [4.78, 5) is 0. The van der Waals surface area contributed by atoms with Crippen LogP contribution in [0, 0.1) is 0 Å². The van der Waals surface area contributed by atoms with Gasteiger partial charge in [-0.2, -0.15) is 0 Å². The lowest BCUT2D eigenvalue weighted by Gasteiger charge is -2.28. The molecule has 1 aliphatic heterocycles. The van der Waals surface area contributed by atoms with Crippen molar-refractivity contribution >= 4 is 0 Å². The third-order valence-electron chi connectivity index (χ3n) is 3.56. The van der Waals surface area contributed by atoms with Crippen molar-refractivity contribution in [2.75, 3.05) is 6.61 Å². The average Bonchev–Trinajstić information content (AvgIpc) is 2.85. The van der Waals surface area contributed by atoms with Crippen LogP contribution in [-0.4, -0.2) is 21.4 Å². The molecule has 0 spiro atoms. The van der Waals surface area contributed by atoms with E-state index < -0.39 is 0 Å². The molecule has 5 nitrogen and oxygen atoms in total. The highest BCUT2D eigenvalue weighted by Crippen LogP contribution is 2.26. The quantitative estimate of drug-likeness (QED) is 0.911. The van der Waals surface area contributed by atoms with Gasteiger partial charge in [0.05, 0.1) is 25.3 Å². The SMILES string of the molecule is CC(NC1COCc2ccccc21)c1nncn1C. The van der Waals surface area contributed by atoms with Crippen LogP contribution in [0.25, 0.3) is 0 Å². The second-order valence-electron chi connectivity index (χ2n) is 4.95. The summed E-state index contributed by atoms with van der Waals surface area (Å²) in [6.07, 6.45) is 1.72. The van der Waals surface area contributed by atoms with Gasteiger partial charge in [0.1, 0.15) is 12.2 Å². The summed E-state index contributed by atoms with van der Waals surface area (Å²) < 4.78 is 7.59. The van der Waals surface area contributed by atoms with Gasteiger partial charge in [-0.25, -0.2) is 0 Å². The lowest BCUT2D eigenvalue weighted by Crippen LogP contribution is -2.32. The Labute approximate surface area is 112 Å². The Morgan fingerprint density at radius 2 is 2.26 bits per heavy atom. The van der Waals surface area contributed by atoms with E-state index in [0.717, 1.165) is 5.82 Å². The minimum Gasteiger partial charge on any atom is -0.375 e. The summed E-state index contributed by atoms with van der Waals surface area (Å²) in [5.74, 6) is 0.933. The second kappa shape index (κ2) is 5.11. The van der Waals surface area contributed by atoms with Gasteiger partial charge in [-0.1, -0.05) is 24.3 Å². The molecular weight excluding hydrogens is 240 g/mol. The van der Waals surface area contributed by atoms with Crippen molar-refractivity contribution in [1.29, 1.82) is 0 Å². The molecule has 1 aromatic carbocycles. The number of nitrogens with zero attached hydrogens (tertiary/aromatic N) is 3. The van der Waals surface area contributed by atoms with E-state index in [4.69, 9.17) is 4.74 Å². The molecule has 0 saturated heterocycles. The first kappa shape index (κ1) is 12.3. The molecule has 0 saturated carbocycles. The smallest absolute Gasteiger partial charge is 0.149 e. The van der Waals surface area contributed by atoms with Crippen LogP contribution in [0.5, 0.6) is 0 Å². The van der Waals surface area contributed by atoms with Gasteiger partial charge in [-0.15, -0.1) is 10.2 Å². The van der Waals surface area contributed by atoms with Gasteiger partial charge in [0, 0.05) is 7.05 Å². The Morgan fingerprint density at radius 1 is 1.42 bits per heavy atom. The molecule has 1 aliphatic rings. The minimum absolute atomic E-state index is 0.132. The monoisotopic (exact) mass is 258 g/mol. The van der Waals surface area contributed by atoms with Gasteiger partial charge in [0.2, 0.25) is 0 Å². The number of fused-ring (bicyclic) bond motifs is 1. The highest BCUT2D eigenvalue weighted by atomic mass is 16.5. The topological polar surface area (TPSA) is 52.0 Å². The zero-order valence-corrected chi connectivity index (χ0v) is 11.2. The molecule has 0 aliphatic carbocycles. The zero-order chi connectivity index (χ0) is 13.2. The number of rotatable bonds is 3. The van der Waals surface area contributed by atoms with E-state index in [0.29, 0.717) is 13.2 Å². The van der Waals surface area contributed by atoms with E-state index in [-0.39, 0.29) is 12.1 Å². The van der Waals surface area contributed by atoms with Crippen LogP contribution in [0.15, 0.2) is 30.6 Å². The Hall–Kier alpha value is -1.72. The van der Waals surface area contributed by atoms with E-state index in [1.54, 1.807) is 6.33 Å². The van der Waals surface area contributed by atoms with Crippen molar-refractivity contribution in [3.8, 4) is 0 Å². The molecule has 0 fully saturated rings. The molecule has 100 valence electrons. The van der Waals surface area contributed by atoms with E-state index in [1.165, 1.54) is 11.1 Å². The van der Waals surface area contributed by atoms with Crippen molar-refractivity contribution in [2.24, 2.45) is 7.05 Å². The number of aryl methyl sites for hydroxylation is 1. The van der Waals surface area contributed by atoms with Crippen LogP contribution >= 0.6 is 0 Å². The van der Waals surface area contributed by atoms with Gasteiger partial charge < -0.3 is 9.30 Å². The summed E-state index contributed by atoms with van der Waals surface area (Å²) in [7, 11) is 1.96. The Balaban J connectivity index is 1.80.